The van der Waals surface area contributed by atoms with Gasteiger partial charge in [-0.05, 0) is 57.5 Å². The Morgan fingerprint density at radius 3 is 2.65 bits per heavy atom. The molecule has 4 heteroatoms. The molecule has 0 amide bonds. The van der Waals surface area contributed by atoms with E-state index in [2.05, 4.69) is 24.1 Å². The van der Waals surface area contributed by atoms with E-state index in [0.717, 1.165) is 19.4 Å². The first-order valence-corrected chi connectivity index (χ1v) is 7.93. The van der Waals surface area contributed by atoms with Crippen molar-refractivity contribution in [3.8, 4) is 0 Å². The quantitative estimate of drug-likeness (QED) is 0.727. The molecule has 1 saturated heterocycles. The number of carbonyl (C=O) groups excluding carboxylic acids is 1. The second-order valence-corrected chi connectivity index (χ2v) is 7.54. The standard InChI is InChI=1S/C16H30N2O2/c1-15(2)9-11-18(12-15)10-5-8-16(3,14(19)20-4)17-13-6-7-13/h13,17H,5-12H2,1-4H3. The van der Waals surface area contributed by atoms with Gasteiger partial charge in [0.15, 0.2) is 0 Å². The molecule has 4 nitrogen and oxygen atoms in total. The van der Waals surface area contributed by atoms with E-state index in [1.807, 2.05) is 6.92 Å². The van der Waals surface area contributed by atoms with Gasteiger partial charge in [0.05, 0.1) is 7.11 Å². The van der Waals surface area contributed by atoms with E-state index >= 15 is 0 Å². The van der Waals surface area contributed by atoms with Crippen LogP contribution in [0.1, 0.15) is 52.9 Å². The van der Waals surface area contributed by atoms with Crippen LogP contribution >= 0.6 is 0 Å². The van der Waals surface area contributed by atoms with Crippen molar-refractivity contribution in [2.24, 2.45) is 5.41 Å². The Balaban J connectivity index is 1.78. The summed E-state index contributed by atoms with van der Waals surface area (Å²) < 4.78 is 4.98. The lowest BCUT2D eigenvalue weighted by Gasteiger charge is -2.29. The third-order valence-electron chi connectivity index (χ3n) is 4.64. The fourth-order valence-corrected chi connectivity index (χ4v) is 3.21. The summed E-state index contributed by atoms with van der Waals surface area (Å²) in [6.45, 7) is 10.1. The van der Waals surface area contributed by atoms with Crippen molar-refractivity contribution in [3.05, 3.63) is 0 Å². The van der Waals surface area contributed by atoms with E-state index in [1.54, 1.807) is 0 Å². The molecule has 0 aromatic heterocycles. The number of carbonyl (C=O) groups is 1. The van der Waals surface area contributed by atoms with Crippen molar-refractivity contribution in [2.45, 2.75) is 64.5 Å². The summed E-state index contributed by atoms with van der Waals surface area (Å²) in [6, 6.07) is 0.518. The predicted octanol–water partition coefficient (Wildman–Crippen LogP) is 2.18. The van der Waals surface area contributed by atoms with Gasteiger partial charge in [-0.15, -0.1) is 0 Å². The summed E-state index contributed by atoms with van der Waals surface area (Å²) in [7, 11) is 1.48. The van der Waals surface area contributed by atoms with Gasteiger partial charge in [-0.3, -0.25) is 10.1 Å². The number of nitrogens with zero attached hydrogens (tertiary/aromatic N) is 1. The third kappa shape index (κ3) is 4.19. The maximum absolute atomic E-state index is 12.0. The fourth-order valence-electron chi connectivity index (χ4n) is 3.21. The topological polar surface area (TPSA) is 41.6 Å². The molecular formula is C16H30N2O2. The minimum absolute atomic E-state index is 0.119. The molecule has 1 unspecified atom stereocenters. The van der Waals surface area contributed by atoms with Crippen LogP contribution in [0.15, 0.2) is 0 Å². The molecule has 0 aromatic carbocycles. The average molecular weight is 282 g/mol. The van der Waals surface area contributed by atoms with Gasteiger partial charge in [0, 0.05) is 12.6 Å². The first-order chi connectivity index (χ1) is 9.35. The smallest absolute Gasteiger partial charge is 0.325 e. The molecule has 0 bridgehead atoms. The van der Waals surface area contributed by atoms with Gasteiger partial charge in [0.2, 0.25) is 0 Å². The van der Waals surface area contributed by atoms with Crippen molar-refractivity contribution in [1.29, 1.82) is 0 Å². The van der Waals surface area contributed by atoms with Crippen LogP contribution in [0.2, 0.25) is 0 Å². The SMILES string of the molecule is COC(=O)C(C)(CCCN1CCC(C)(C)C1)NC1CC1. The summed E-state index contributed by atoms with van der Waals surface area (Å²) in [5.41, 5.74) is -0.0525. The molecule has 0 aromatic rings. The van der Waals surface area contributed by atoms with E-state index in [0.29, 0.717) is 11.5 Å². The van der Waals surface area contributed by atoms with Gasteiger partial charge in [-0.1, -0.05) is 13.8 Å². The summed E-state index contributed by atoms with van der Waals surface area (Å²) in [6.07, 6.45) is 5.55. The van der Waals surface area contributed by atoms with Crippen LogP contribution in [0.4, 0.5) is 0 Å². The Hall–Kier alpha value is -0.610. The zero-order valence-electron chi connectivity index (χ0n) is 13.5. The second kappa shape index (κ2) is 6.02. The third-order valence-corrected chi connectivity index (χ3v) is 4.64. The summed E-state index contributed by atoms with van der Waals surface area (Å²) >= 11 is 0. The Kier molecular flexibility index (Phi) is 4.75. The Labute approximate surface area is 123 Å². The first kappa shape index (κ1) is 15.8. The van der Waals surface area contributed by atoms with Crippen molar-refractivity contribution < 1.29 is 9.53 Å². The number of hydrogen-bond acceptors (Lipinski definition) is 4. The van der Waals surface area contributed by atoms with Crippen LogP contribution in [0.3, 0.4) is 0 Å². The highest BCUT2D eigenvalue weighted by Gasteiger charge is 2.39. The zero-order chi connectivity index (χ0) is 14.8. The molecule has 2 rings (SSSR count). The van der Waals surface area contributed by atoms with Crippen LogP contribution in [0, 0.1) is 5.41 Å². The Bertz CT molecular complexity index is 352. The summed E-state index contributed by atoms with van der Waals surface area (Å²) in [5, 5.41) is 3.47. The van der Waals surface area contributed by atoms with Crippen molar-refractivity contribution in [3.63, 3.8) is 0 Å². The number of hydrogen-bond donors (Lipinski definition) is 1. The molecule has 1 atom stereocenters. The highest BCUT2D eigenvalue weighted by Crippen LogP contribution is 2.30. The van der Waals surface area contributed by atoms with Crippen LogP contribution in [-0.2, 0) is 9.53 Å². The molecule has 1 aliphatic carbocycles. The number of ether oxygens (including phenoxy) is 1. The largest absolute Gasteiger partial charge is 0.468 e. The number of likely N-dealkylation sites (tertiary alicyclic amines) is 1. The van der Waals surface area contributed by atoms with Gasteiger partial charge >= 0.3 is 5.97 Å². The highest BCUT2D eigenvalue weighted by molar-refractivity contribution is 5.80. The lowest BCUT2D eigenvalue weighted by molar-refractivity contribution is -0.148. The molecule has 1 heterocycles. The molecule has 1 aliphatic heterocycles. The second-order valence-electron chi connectivity index (χ2n) is 7.54. The van der Waals surface area contributed by atoms with Gasteiger partial charge in [0.25, 0.3) is 0 Å². The number of rotatable bonds is 7. The van der Waals surface area contributed by atoms with E-state index in [-0.39, 0.29) is 5.97 Å². The van der Waals surface area contributed by atoms with Crippen LogP contribution in [0.5, 0.6) is 0 Å². The molecule has 0 radical (unpaired) electrons. The van der Waals surface area contributed by atoms with Gasteiger partial charge in [-0.25, -0.2) is 0 Å². The van der Waals surface area contributed by atoms with Crippen LogP contribution in [0.25, 0.3) is 0 Å². The molecule has 2 aliphatic rings. The number of esters is 1. The summed E-state index contributed by atoms with van der Waals surface area (Å²) in [5.74, 6) is -0.119. The van der Waals surface area contributed by atoms with Gasteiger partial charge < -0.3 is 9.64 Å². The zero-order valence-corrected chi connectivity index (χ0v) is 13.5. The van der Waals surface area contributed by atoms with E-state index in [4.69, 9.17) is 4.74 Å². The average Bonchev–Trinajstić information content (AvgIpc) is 3.11. The molecule has 20 heavy (non-hydrogen) atoms. The molecule has 116 valence electrons. The fraction of sp³-hybridized carbons (Fsp3) is 0.938. The Morgan fingerprint density at radius 1 is 1.45 bits per heavy atom. The molecule has 2 fully saturated rings. The minimum atomic E-state index is -0.509. The van der Waals surface area contributed by atoms with Crippen molar-refractivity contribution in [1.82, 2.24) is 10.2 Å². The van der Waals surface area contributed by atoms with E-state index in [1.165, 1.54) is 39.5 Å². The van der Waals surface area contributed by atoms with Gasteiger partial charge in [0.1, 0.15) is 5.54 Å². The lowest BCUT2D eigenvalue weighted by atomic mass is 9.93. The maximum atomic E-state index is 12.0. The van der Waals surface area contributed by atoms with Crippen LogP contribution in [-0.4, -0.2) is 49.2 Å². The monoisotopic (exact) mass is 282 g/mol. The highest BCUT2D eigenvalue weighted by atomic mass is 16.5. The van der Waals surface area contributed by atoms with Gasteiger partial charge in [-0.2, -0.15) is 0 Å². The molecule has 0 spiro atoms. The minimum Gasteiger partial charge on any atom is -0.468 e. The number of methoxy groups -OCH3 is 1. The number of nitrogens with one attached hydrogen (secondary N) is 1. The lowest BCUT2D eigenvalue weighted by Crippen LogP contribution is -2.51. The molecule has 1 saturated carbocycles. The van der Waals surface area contributed by atoms with Crippen molar-refractivity contribution in [2.75, 3.05) is 26.7 Å². The predicted molar refractivity (Wildman–Crippen MR) is 80.7 cm³/mol. The summed E-state index contributed by atoms with van der Waals surface area (Å²) in [4.78, 5) is 14.6. The molecular weight excluding hydrogens is 252 g/mol. The van der Waals surface area contributed by atoms with Crippen LogP contribution < -0.4 is 5.32 Å². The molecule has 1 N–H and O–H groups in total. The van der Waals surface area contributed by atoms with Crippen molar-refractivity contribution >= 4 is 5.97 Å². The maximum Gasteiger partial charge on any atom is 0.325 e. The first-order valence-electron chi connectivity index (χ1n) is 7.93. The Morgan fingerprint density at radius 2 is 2.15 bits per heavy atom. The normalized spacial score (nSPS) is 25.4. The van der Waals surface area contributed by atoms with E-state index in [9.17, 15) is 4.79 Å². The van der Waals surface area contributed by atoms with E-state index < -0.39 is 5.54 Å².